The highest BCUT2D eigenvalue weighted by Gasteiger charge is 2.16. The summed E-state index contributed by atoms with van der Waals surface area (Å²) in [6.45, 7) is 4.74. The third kappa shape index (κ3) is 3.70. The van der Waals surface area contributed by atoms with Crippen LogP contribution in [0.3, 0.4) is 0 Å². The van der Waals surface area contributed by atoms with E-state index in [1.807, 2.05) is 31.3 Å². The van der Waals surface area contributed by atoms with Gasteiger partial charge in [-0.05, 0) is 23.6 Å². The molecule has 1 aromatic heterocycles. The normalized spacial score (nSPS) is 10.7. The van der Waals surface area contributed by atoms with Crippen molar-refractivity contribution in [1.82, 2.24) is 9.97 Å². The molecule has 2 rings (SSSR count). The molecule has 0 saturated heterocycles. The van der Waals surface area contributed by atoms with Crippen LogP contribution in [-0.4, -0.2) is 24.1 Å². The molecule has 0 unspecified atom stereocenters. The number of ether oxygens (including phenoxy) is 2. The van der Waals surface area contributed by atoms with Crippen LogP contribution in [0.5, 0.6) is 11.6 Å². The van der Waals surface area contributed by atoms with E-state index >= 15 is 0 Å². The molecule has 0 bridgehead atoms. The van der Waals surface area contributed by atoms with Crippen LogP contribution in [0.25, 0.3) is 0 Å². The molecule has 0 atom stereocenters. The number of nitrogens with zero attached hydrogens (tertiary/aromatic N) is 2. The van der Waals surface area contributed by atoms with E-state index in [9.17, 15) is 0 Å². The molecule has 5 nitrogen and oxygen atoms in total. The van der Waals surface area contributed by atoms with Crippen molar-refractivity contribution in [3.05, 3.63) is 41.7 Å². The third-order valence-corrected chi connectivity index (χ3v) is 3.09. The SMILES string of the molecule is CNc1ncnc(Oc2cccc(COC)c2)c1C(C)C. The summed E-state index contributed by atoms with van der Waals surface area (Å²) in [7, 11) is 3.52. The van der Waals surface area contributed by atoms with Crippen LogP contribution in [0.1, 0.15) is 30.9 Å². The van der Waals surface area contributed by atoms with Gasteiger partial charge in [-0.15, -0.1) is 0 Å². The predicted molar refractivity (Wildman–Crippen MR) is 82.9 cm³/mol. The number of rotatable bonds is 6. The lowest BCUT2D eigenvalue weighted by atomic mass is 10.1. The molecule has 0 saturated carbocycles. The number of benzene rings is 1. The molecule has 0 spiro atoms. The average Bonchev–Trinajstić information content (AvgIpc) is 2.47. The fraction of sp³-hybridized carbons (Fsp3) is 0.375. The van der Waals surface area contributed by atoms with Gasteiger partial charge in [0.25, 0.3) is 0 Å². The first-order valence-corrected chi connectivity index (χ1v) is 6.94. The maximum atomic E-state index is 5.95. The lowest BCUT2D eigenvalue weighted by Gasteiger charge is -2.15. The number of hydrogen-bond acceptors (Lipinski definition) is 5. The van der Waals surface area contributed by atoms with Crippen molar-refractivity contribution in [3.8, 4) is 11.6 Å². The largest absolute Gasteiger partial charge is 0.439 e. The maximum Gasteiger partial charge on any atom is 0.227 e. The summed E-state index contributed by atoms with van der Waals surface area (Å²) in [5.41, 5.74) is 2.03. The molecule has 1 aromatic carbocycles. The van der Waals surface area contributed by atoms with Gasteiger partial charge < -0.3 is 14.8 Å². The van der Waals surface area contributed by atoms with Gasteiger partial charge in [0.05, 0.1) is 12.2 Å². The van der Waals surface area contributed by atoms with Crippen molar-refractivity contribution < 1.29 is 9.47 Å². The minimum atomic E-state index is 0.255. The van der Waals surface area contributed by atoms with Crippen molar-refractivity contribution in [2.75, 3.05) is 19.5 Å². The Bertz CT molecular complexity index is 600. The van der Waals surface area contributed by atoms with Gasteiger partial charge in [-0.1, -0.05) is 26.0 Å². The third-order valence-electron chi connectivity index (χ3n) is 3.09. The molecule has 5 heteroatoms. The topological polar surface area (TPSA) is 56.3 Å². The number of anilines is 1. The zero-order valence-electron chi connectivity index (χ0n) is 12.9. The Labute approximate surface area is 125 Å². The lowest BCUT2D eigenvalue weighted by molar-refractivity contribution is 0.184. The van der Waals surface area contributed by atoms with Crippen LogP contribution in [-0.2, 0) is 11.3 Å². The molecule has 0 radical (unpaired) electrons. The van der Waals surface area contributed by atoms with Crippen LogP contribution in [0.4, 0.5) is 5.82 Å². The number of methoxy groups -OCH3 is 1. The van der Waals surface area contributed by atoms with Crippen molar-refractivity contribution in [1.29, 1.82) is 0 Å². The van der Waals surface area contributed by atoms with Crippen LogP contribution in [0, 0.1) is 0 Å². The first-order chi connectivity index (χ1) is 10.2. The van der Waals surface area contributed by atoms with Crippen LogP contribution in [0.2, 0.25) is 0 Å². The van der Waals surface area contributed by atoms with Gasteiger partial charge in [0, 0.05) is 14.2 Å². The Morgan fingerprint density at radius 2 is 2.05 bits per heavy atom. The monoisotopic (exact) mass is 287 g/mol. The molecule has 0 aliphatic rings. The summed E-state index contributed by atoms with van der Waals surface area (Å²) < 4.78 is 11.1. The quantitative estimate of drug-likeness (QED) is 0.880. The Morgan fingerprint density at radius 3 is 2.71 bits per heavy atom. The van der Waals surface area contributed by atoms with E-state index in [2.05, 4.69) is 29.1 Å². The van der Waals surface area contributed by atoms with Crippen molar-refractivity contribution >= 4 is 5.82 Å². The maximum absolute atomic E-state index is 5.95. The molecular weight excluding hydrogens is 266 g/mol. The van der Waals surface area contributed by atoms with E-state index in [1.54, 1.807) is 7.11 Å². The molecule has 0 aliphatic heterocycles. The van der Waals surface area contributed by atoms with E-state index < -0.39 is 0 Å². The minimum Gasteiger partial charge on any atom is -0.439 e. The van der Waals surface area contributed by atoms with Crippen LogP contribution >= 0.6 is 0 Å². The Morgan fingerprint density at radius 1 is 1.24 bits per heavy atom. The van der Waals surface area contributed by atoms with Gasteiger partial charge in [0.15, 0.2) is 0 Å². The van der Waals surface area contributed by atoms with Crippen LogP contribution < -0.4 is 10.1 Å². The van der Waals surface area contributed by atoms with Gasteiger partial charge >= 0.3 is 0 Å². The zero-order chi connectivity index (χ0) is 15.2. The molecule has 0 fully saturated rings. The summed E-state index contributed by atoms with van der Waals surface area (Å²) in [5, 5.41) is 3.08. The molecule has 1 N–H and O–H groups in total. The van der Waals surface area contributed by atoms with Crippen molar-refractivity contribution in [3.63, 3.8) is 0 Å². The molecule has 21 heavy (non-hydrogen) atoms. The van der Waals surface area contributed by atoms with Gasteiger partial charge in [-0.3, -0.25) is 0 Å². The molecule has 112 valence electrons. The van der Waals surface area contributed by atoms with Crippen molar-refractivity contribution in [2.45, 2.75) is 26.4 Å². The summed E-state index contributed by atoms with van der Waals surface area (Å²) in [4.78, 5) is 8.52. The Kier molecular flexibility index (Phi) is 5.11. The first kappa shape index (κ1) is 15.3. The second kappa shape index (κ2) is 7.04. The van der Waals surface area contributed by atoms with Crippen molar-refractivity contribution in [2.24, 2.45) is 0 Å². The van der Waals surface area contributed by atoms with Gasteiger partial charge in [0.1, 0.15) is 17.9 Å². The molecule has 1 heterocycles. The van der Waals surface area contributed by atoms with Crippen LogP contribution in [0.15, 0.2) is 30.6 Å². The fourth-order valence-electron chi connectivity index (χ4n) is 2.16. The Balaban J connectivity index is 2.33. The summed E-state index contributed by atoms with van der Waals surface area (Å²) in [6, 6.07) is 7.80. The standard InChI is InChI=1S/C16H21N3O2/c1-11(2)14-15(17-3)18-10-19-16(14)21-13-7-5-6-12(8-13)9-20-4/h5-8,10-11H,9H2,1-4H3,(H,17,18,19). The molecule has 2 aromatic rings. The van der Waals surface area contributed by atoms with E-state index in [1.165, 1.54) is 6.33 Å². The second-order valence-electron chi connectivity index (χ2n) is 5.03. The van der Waals surface area contributed by atoms with E-state index in [-0.39, 0.29) is 5.92 Å². The van der Waals surface area contributed by atoms with E-state index in [4.69, 9.17) is 9.47 Å². The number of nitrogens with one attached hydrogen (secondary N) is 1. The van der Waals surface area contributed by atoms with E-state index in [0.717, 1.165) is 22.7 Å². The zero-order valence-corrected chi connectivity index (χ0v) is 12.9. The molecule has 0 aliphatic carbocycles. The highest BCUT2D eigenvalue weighted by atomic mass is 16.5. The summed E-state index contributed by atoms with van der Waals surface area (Å²) in [6.07, 6.45) is 1.51. The highest BCUT2D eigenvalue weighted by molar-refractivity contribution is 5.51. The predicted octanol–water partition coefficient (Wildman–Crippen LogP) is 3.58. The average molecular weight is 287 g/mol. The lowest BCUT2D eigenvalue weighted by Crippen LogP contribution is -2.04. The summed E-state index contributed by atoms with van der Waals surface area (Å²) in [5.74, 6) is 2.37. The molecule has 0 amide bonds. The van der Waals surface area contributed by atoms with Gasteiger partial charge in [-0.2, -0.15) is 0 Å². The second-order valence-corrected chi connectivity index (χ2v) is 5.03. The van der Waals surface area contributed by atoms with E-state index in [0.29, 0.717) is 12.5 Å². The number of hydrogen-bond donors (Lipinski definition) is 1. The highest BCUT2D eigenvalue weighted by Crippen LogP contribution is 2.32. The smallest absolute Gasteiger partial charge is 0.227 e. The van der Waals surface area contributed by atoms with Gasteiger partial charge in [-0.25, -0.2) is 9.97 Å². The minimum absolute atomic E-state index is 0.255. The molecular formula is C16H21N3O2. The fourth-order valence-corrected chi connectivity index (χ4v) is 2.16. The number of aromatic nitrogens is 2. The first-order valence-electron chi connectivity index (χ1n) is 6.94. The van der Waals surface area contributed by atoms with Gasteiger partial charge in [0.2, 0.25) is 5.88 Å². The Hall–Kier alpha value is -2.14. The summed E-state index contributed by atoms with van der Waals surface area (Å²) >= 11 is 0.